The Morgan fingerprint density at radius 3 is 2.36 bits per heavy atom. The fraction of sp³-hybridized carbons (Fsp3) is 0.600. The second-order valence-electron chi connectivity index (χ2n) is 2.65. The fourth-order valence-electron chi connectivity index (χ4n) is 1.10. The van der Waals surface area contributed by atoms with Crippen LogP contribution in [0.3, 0.4) is 0 Å². The molecule has 0 aromatic carbocycles. The van der Waals surface area contributed by atoms with Crippen molar-refractivity contribution in [3.05, 3.63) is 17.0 Å². The lowest BCUT2D eigenvalue weighted by molar-refractivity contribution is -0.140. The van der Waals surface area contributed by atoms with E-state index >= 15 is 0 Å². The molecule has 80 valence electrons. The first-order chi connectivity index (χ1) is 6.81. The van der Waals surface area contributed by atoms with Gasteiger partial charge in [-0.15, -0.1) is 11.3 Å². The number of methoxy groups -OCH3 is 1. The van der Waals surface area contributed by atoms with E-state index in [1.165, 1.54) is 0 Å². The number of hydrogen-bond acceptors (Lipinski definition) is 4. The molecule has 1 aromatic heterocycles. The SMILES string of the molecule is CCOC(OCC)c1csc(OC)c1. The van der Waals surface area contributed by atoms with Crippen LogP contribution >= 0.6 is 11.3 Å². The van der Waals surface area contributed by atoms with Crippen LogP contribution < -0.4 is 4.74 Å². The highest BCUT2D eigenvalue weighted by Crippen LogP contribution is 2.29. The maximum atomic E-state index is 5.46. The summed E-state index contributed by atoms with van der Waals surface area (Å²) in [6.45, 7) is 5.19. The summed E-state index contributed by atoms with van der Waals surface area (Å²) in [5, 5.41) is 2.87. The smallest absolute Gasteiger partial charge is 0.184 e. The molecule has 0 aliphatic heterocycles. The minimum Gasteiger partial charge on any atom is -0.487 e. The van der Waals surface area contributed by atoms with Crippen LogP contribution in [0.4, 0.5) is 0 Å². The Morgan fingerprint density at radius 2 is 1.93 bits per heavy atom. The summed E-state index contributed by atoms with van der Waals surface area (Å²) in [7, 11) is 1.66. The number of thiophene rings is 1. The third-order valence-electron chi connectivity index (χ3n) is 1.71. The maximum absolute atomic E-state index is 5.46. The van der Waals surface area contributed by atoms with E-state index < -0.39 is 0 Å². The molecule has 0 atom stereocenters. The topological polar surface area (TPSA) is 27.7 Å². The molecule has 14 heavy (non-hydrogen) atoms. The molecule has 0 bridgehead atoms. The van der Waals surface area contributed by atoms with E-state index in [-0.39, 0.29) is 6.29 Å². The van der Waals surface area contributed by atoms with E-state index in [4.69, 9.17) is 14.2 Å². The Labute approximate surface area is 88.6 Å². The van der Waals surface area contributed by atoms with Gasteiger partial charge in [0.1, 0.15) is 0 Å². The van der Waals surface area contributed by atoms with E-state index in [0.29, 0.717) is 13.2 Å². The molecule has 0 saturated heterocycles. The van der Waals surface area contributed by atoms with Gasteiger partial charge in [-0.25, -0.2) is 0 Å². The van der Waals surface area contributed by atoms with Crippen LogP contribution in [-0.4, -0.2) is 20.3 Å². The Kier molecular flexibility index (Phi) is 4.93. The quantitative estimate of drug-likeness (QED) is 0.684. The summed E-state index contributed by atoms with van der Waals surface area (Å²) >= 11 is 1.55. The summed E-state index contributed by atoms with van der Waals surface area (Å²) in [4.78, 5) is 0. The summed E-state index contributed by atoms with van der Waals surface area (Å²) in [6, 6.07) is 1.95. The van der Waals surface area contributed by atoms with Gasteiger partial charge in [0.05, 0.1) is 7.11 Å². The molecular formula is C10H16O3S. The molecule has 0 N–H and O–H groups in total. The van der Waals surface area contributed by atoms with E-state index in [9.17, 15) is 0 Å². The summed E-state index contributed by atoms with van der Waals surface area (Å²) < 4.78 is 16.0. The highest BCUT2D eigenvalue weighted by molar-refractivity contribution is 7.12. The molecule has 0 spiro atoms. The summed E-state index contributed by atoms with van der Waals surface area (Å²) in [5.74, 6) is 0. The normalized spacial score (nSPS) is 10.9. The minimum absolute atomic E-state index is 0.259. The van der Waals surface area contributed by atoms with Crippen LogP contribution in [-0.2, 0) is 9.47 Å². The summed E-state index contributed by atoms with van der Waals surface area (Å²) in [5.41, 5.74) is 1.02. The third kappa shape index (κ3) is 2.97. The number of hydrogen-bond donors (Lipinski definition) is 0. The monoisotopic (exact) mass is 216 g/mol. The van der Waals surface area contributed by atoms with Crippen molar-refractivity contribution in [1.29, 1.82) is 0 Å². The zero-order chi connectivity index (χ0) is 10.4. The third-order valence-corrected chi connectivity index (χ3v) is 2.61. The molecule has 0 aliphatic carbocycles. The highest BCUT2D eigenvalue weighted by Gasteiger charge is 2.13. The molecule has 3 nitrogen and oxygen atoms in total. The van der Waals surface area contributed by atoms with E-state index in [2.05, 4.69) is 0 Å². The van der Waals surface area contributed by atoms with Crippen LogP contribution in [0, 0.1) is 0 Å². The lowest BCUT2D eigenvalue weighted by Gasteiger charge is -2.15. The van der Waals surface area contributed by atoms with Crippen molar-refractivity contribution in [1.82, 2.24) is 0 Å². The van der Waals surface area contributed by atoms with Gasteiger partial charge in [0, 0.05) is 24.2 Å². The fourth-order valence-corrected chi connectivity index (χ4v) is 1.84. The Morgan fingerprint density at radius 1 is 1.29 bits per heavy atom. The van der Waals surface area contributed by atoms with Crippen LogP contribution in [0.2, 0.25) is 0 Å². The second kappa shape index (κ2) is 6.01. The number of ether oxygens (including phenoxy) is 3. The Bertz CT molecular complexity index is 254. The van der Waals surface area contributed by atoms with Crippen LogP contribution in [0.1, 0.15) is 25.7 Å². The van der Waals surface area contributed by atoms with Gasteiger partial charge < -0.3 is 14.2 Å². The molecule has 4 heteroatoms. The van der Waals surface area contributed by atoms with Crippen molar-refractivity contribution in [2.45, 2.75) is 20.1 Å². The molecule has 1 aromatic rings. The van der Waals surface area contributed by atoms with Crippen molar-refractivity contribution in [3.8, 4) is 5.06 Å². The largest absolute Gasteiger partial charge is 0.487 e. The molecule has 0 radical (unpaired) electrons. The Hall–Kier alpha value is -0.580. The van der Waals surface area contributed by atoms with Gasteiger partial charge in [-0.3, -0.25) is 0 Å². The lowest BCUT2D eigenvalue weighted by atomic mass is 10.3. The minimum atomic E-state index is -0.259. The predicted octanol–water partition coefficient (Wildman–Crippen LogP) is 2.83. The van der Waals surface area contributed by atoms with E-state index in [1.54, 1.807) is 18.4 Å². The van der Waals surface area contributed by atoms with Crippen molar-refractivity contribution >= 4 is 11.3 Å². The van der Waals surface area contributed by atoms with Crippen molar-refractivity contribution in [2.75, 3.05) is 20.3 Å². The van der Waals surface area contributed by atoms with E-state index in [0.717, 1.165) is 10.6 Å². The molecule has 0 unspecified atom stereocenters. The van der Waals surface area contributed by atoms with Gasteiger partial charge in [-0.1, -0.05) is 0 Å². The molecule has 0 aliphatic rings. The average Bonchev–Trinajstić information content (AvgIpc) is 2.65. The zero-order valence-corrected chi connectivity index (χ0v) is 9.60. The van der Waals surface area contributed by atoms with Gasteiger partial charge in [0.15, 0.2) is 11.4 Å². The lowest BCUT2D eigenvalue weighted by Crippen LogP contribution is -2.07. The Balaban J connectivity index is 2.65. The van der Waals surface area contributed by atoms with Crippen LogP contribution in [0.15, 0.2) is 11.4 Å². The summed E-state index contributed by atoms with van der Waals surface area (Å²) in [6.07, 6.45) is -0.259. The molecular weight excluding hydrogens is 200 g/mol. The standard InChI is InChI=1S/C10H16O3S/c1-4-12-10(13-5-2)8-6-9(11-3)14-7-8/h6-7,10H,4-5H2,1-3H3. The van der Waals surface area contributed by atoms with Crippen molar-refractivity contribution < 1.29 is 14.2 Å². The maximum Gasteiger partial charge on any atom is 0.184 e. The average molecular weight is 216 g/mol. The molecule has 0 amide bonds. The predicted molar refractivity (Wildman–Crippen MR) is 56.9 cm³/mol. The molecule has 0 fully saturated rings. The molecule has 1 heterocycles. The van der Waals surface area contributed by atoms with Crippen LogP contribution in [0.25, 0.3) is 0 Å². The first kappa shape index (κ1) is 11.5. The van der Waals surface area contributed by atoms with Gasteiger partial charge in [0.2, 0.25) is 0 Å². The zero-order valence-electron chi connectivity index (χ0n) is 8.78. The van der Waals surface area contributed by atoms with Gasteiger partial charge in [-0.05, 0) is 19.9 Å². The van der Waals surface area contributed by atoms with E-state index in [1.807, 2.05) is 25.3 Å². The van der Waals surface area contributed by atoms with Crippen molar-refractivity contribution in [3.63, 3.8) is 0 Å². The number of rotatable bonds is 6. The molecule has 0 saturated carbocycles. The van der Waals surface area contributed by atoms with Crippen LogP contribution in [0.5, 0.6) is 5.06 Å². The van der Waals surface area contributed by atoms with Gasteiger partial charge in [0.25, 0.3) is 0 Å². The highest BCUT2D eigenvalue weighted by atomic mass is 32.1. The van der Waals surface area contributed by atoms with Crippen molar-refractivity contribution in [2.24, 2.45) is 0 Å². The first-order valence-corrected chi connectivity index (χ1v) is 5.55. The molecule has 1 rings (SSSR count). The van der Waals surface area contributed by atoms with Gasteiger partial charge >= 0.3 is 0 Å². The first-order valence-electron chi connectivity index (χ1n) is 4.67. The second-order valence-corrected chi connectivity index (χ2v) is 3.52. The van der Waals surface area contributed by atoms with Gasteiger partial charge in [-0.2, -0.15) is 0 Å².